The third kappa shape index (κ3) is 5.95. The van der Waals surface area contributed by atoms with E-state index in [1.165, 1.54) is 5.56 Å². The molecule has 1 rings (SSSR count). The second-order valence-corrected chi connectivity index (χ2v) is 6.22. The number of carbonyl (C=O) groups is 2. The van der Waals surface area contributed by atoms with Crippen LogP contribution in [0, 0.1) is 0 Å². The van der Waals surface area contributed by atoms with Gasteiger partial charge in [-0.05, 0) is 23.0 Å². The number of benzene rings is 1. The van der Waals surface area contributed by atoms with E-state index >= 15 is 0 Å². The van der Waals surface area contributed by atoms with Crippen LogP contribution < -0.4 is 11.1 Å². The van der Waals surface area contributed by atoms with Crippen LogP contribution in [0.4, 0.5) is 0 Å². The first-order valence-corrected chi connectivity index (χ1v) is 7.04. The molecule has 5 heteroatoms. The van der Waals surface area contributed by atoms with Crippen molar-refractivity contribution >= 4 is 11.9 Å². The predicted molar refractivity (Wildman–Crippen MR) is 81.8 cm³/mol. The number of carboxylic acid groups (broad SMARTS) is 1. The molecule has 0 aromatic heterocycles. The summed E-state index contributed by atoms with van der Waals surface area (Å²) in [7, 11) is 0. The molecule has 0 aliphatic heterocycles. The van der Waals surface area contributed by atoms with Crippen molar-refractivity contribution in [2.45, 2.75) is 51.6 Å². The van der Waals surface area contributed by atoms with Crippen molar-refractivity contribution in [2.75, 3.05) is 0 Å². The average molecular weight is 292 g/mol. The molecule has 1 aromatic carbocycles. The maximum absolute atomic E-state index is 11.1. The lowest BCUT2D eigenvalue weighted by molar-refractivity contribution is -0.139. The van der Waals surface area contributed by atoms with Crippen molar-refractivity contribution in [1.82, 2.24) is 5.32 Å². The van der Waals surface area contributed by atoms with E-state index in [9.17, 15) is 9.59 Å². The van der Waals surface area contributed by atoms with Crippen LogP contribution in [0.1, 0.15) is 44.7 Å². The molecule has 0 fully saturated rings. The molecule has 1 amide bonds. The van der Waals surface area contributed by atoms with Crippen molar-refractivity contribution in [3.8, 4) is 0 Å². The maximum atomic E-state index is 11.1. The van der Waals surface area contributed by atoms with E-state index in [-0.39, 0.29) is 18.3 Å². The Hall–Kier alpha value is -1.88. The first-order valence-electron chi connectivity index (χ1n) is 7.04. The Morgan fingerprint density at radius 3 is 2.24 bits per heavy atom. The third-order valence-electron chi connectivity index (χ3n) is 3.35. The lowest BCUT2D eigenvalue weighted by Gasteiger charge is -2.19. The number of rotatable bonds is 7. The van der Waals surface area contributed by atoms with Gasteiger partial charge >= 0.3 is 5.97 Å². The number of carboxylic acids is 1. The van der Waals surface area contributed by atoms with Crippen molar-refractivity contribution in [2.24, 2.45) is 5.73 Å². The lowest BCUT2D eigenvalue weighted by Crippen LogP contribution is -2.37. The maximum Gasteiger partial charge on any atom is 0.320 e. The molecular weight excluding hydrogens is 268 g/mol. The Bertz CT molecular complexity index is 489. The third-order valence-corrected chi connectivity index (χ3v) is 3.35. The van der Waals surface area contributed by atoms with Gasteiger partial charge in [-0.3, -0.25) is 9.59 Å². The molecule has 0 bridgehead atoms. The highest BCUT2D eigenvalue weighted by Gasteiger charge is 2.17. The van der Waals surface area contributed by atoms with Crippen molar-refractivity contribution in [1.29, 1.82) is 0 Å². The zero-order valence-corrected chi connectivity index (χ0v) is 12.8. The van der Waals surface area contributed by atoms with E-state index in [1.807, 2.05) is 12.1 Å². The topological polar surface area (TPSA) is 92.4 Å². The van der Waals surface area contributed by atoms with Crippen molar-refractivity contribution in [3.05, 3.63) is 35.4 Å². The van der Waals surface area contributed by atoms with Gasteiger partial charge in [0.15, 0.2) is 0 Å². The molecule has 0 aliphatic carbocycles. The van der Waals surface area contributed by atoms with Gasteiger partial charge in [-0.15, -0.1) is 0 Å². The zero-order valence-electron chi connectivity index (χ0n) is 12.8. The molecular formula is C16H24N2O3. The molecule has 4 N–H and O–H groups in total. The molecule has 0 saturated carbocycles. The molecule has 116 valence electrons. The van der Waals surface area contributed by atoms with Gasteiger partial charge in [0.25, 0.3) is 0 Å². The second-order valence-electron chi connectivity index (χ2n) is 6.22. The van der Waals surface area contributed by atoms with Gasteiger partial charge in [0, 0.05) is 13.0 Å². The summed E-state index contributed by atoms with van der Waals surface area (Å²) in [5.74, 6) is -1.46. The fourth-order valence-corrected chi connectivity index (χ4v) is 1.96. The van der Waals surface area contributed by atoms with Crippen LogP contribution in [0.3, 0.4) is 0 Å². The Morgan fingerprint density at radius 1 is 1.24 bits per heavy atom. The van der Waals surface area contributed by atoms with E-state index in [1.54, 1.807) is 0 Å². The van der Waals surface area contributed by atoms with Gasteiger partial charge in [-0.2, -0.15) is 0 Å². The molecule has 0 radical (unpaired) electrons. The first kappa shape index (κ1) is 17.2. The van der Waals surface area contributed by atoms with Gasteiger partial charge in [-0.25, -0.2) is 0 Å². The molecule has 21 heavy (non-hydrogen) atoms. The van der Waals surface area contributed by atoms with E-state index in [4.69, 9.17) is 10.8 Å². The highest BCUT2D eigenvalue weighted by Crippen LogP contribution is 2.22. The van der Waals surface area contributed by atoms with Gasteiger partial charge in [0.2, 0.25) is 5.91 Å². The number of hydrogen-bond donors (Lipinski definition) is 3. The van der Waals surface area contributed by atoms with Crippen LogP contribution in [-0.2, 0) is 21.5 Å². The SMILES string of the molecule is CC(C)(C)c1ccc(CNC(CCC(N)=O)C(=O)O)cc1. The van der Waals surface area contributed by atoms with Gasteiger partial charge < -0.3 is 16.2 Å². The predicted octanol–water partition coefficient (Wildman–Crippen LogP) is 1.79. The number of amides is 1. The molecule has 5 nitrogen and oxygen atoms in total. The smallest absolute Gasteiger partial charge is 0.320 e. The number of hydrogen-bond acceptors (Lipinski definition) is 3. The summed E-state index contributed by atoms with van der Waals surface area (Å²) in [6.45, 7) is 6.87. The van der Waals surface area contributed by atoms with Gasteiger partial charge in [-0.1, -0.05) is 45.0 Å². The van der Waals surface area contributed by atoms with E-state index < -0.39 is 17.9 Å². The zero-order chi connectivity index (χ0) is 16.0. The molecule has 1 atom stereocenters. The molecule has 1 unspecified atom stereocenters. The number of primary amides is 1. The summed E-state index contributed by atoms with van der Waals surface area (Å²) < 4.78 is 0. The summed E-state index contributed by atoms with van der Waals surface area (Å²) in [5.41, 5.74) is 7.38. The summed E-state index contributed by atoms with van der Waals surface area (Å²) in [5, 5.41) is 12.0. The highest BCUT2D eigenvalue weighted by atomic mass is 16.4. The summed E-state index contributed by atoms with van der Waals surface area (Å²) in [6.07, 6.45) is 0.262. The van der Waals surface area contributed by atoms with Crippen molar-refractivity contribution < 1.29 is 14.7 Å². The number of nitrogens with one attached hydrogen (secondary N) is 1. The summed E-state index contributed by atoms with van der Waals surface area (Å²) >= 11 is 0. The average Bonchev–Trinajstić information content (AvgIpc) is 2.37. The van der Waals surface area contributed by atoms with E-state index in [0.29, 0.717) is 6.54 Å². The minimum Gasteiger partial charge on any atom is -0.480 e. The lowest BCUT2D eigenvalue weighted by atomic mass is 9.87. The van der Waals surface area contributed by atoms with Gasteiger partial charge in [0.05, 0.1) is 0 Å². The molecule has 1 aromatic rings. The van der Waals surface area contributed by atoms with Crippen LogP contribution in [0.2, 0.25) is 0 Å². The molecule has 0 aliphatic rings. The summed E-state index contributed by atoms with van der Waals surface area (Å²) in [4.78, 5) is 21.8. The number of carbonyl (C=O) groups excluding carboxylic acids is 1. The monoisotopic (exact) mass is 292 g/mol. The van der Waals surface area contributed by atoms with Crippen LogP contribution in [0.5, 0.6) is 0 Å². The van der Waals surface area contributed by atoms with Crippen LogP contribution in [-0.4, -0.2) is 23.0 Å². The fraction of sp³-hybridized carbons (Fsp3) is 0.500. The van der Waals surface area contributed by atoms with E-state index in [0.717, 1.165) is 5.56 Å². The Kier molecular flexibility index (Phi) is 5.90. The van der Waals surface area contributed by atoms with Crippen LogP contribution in [0.25, 0.3) is 0 Å². The van der Waals surface area contributed by atoms with Gasteiger partial charge in [0.1, 0.15) is 6.04 Å². The molecule has 0 saturated heterocycles. The molecule has 0 spiro atoms. The Balaban J connectivity index is 2.59. The standard InChI is InChI=1S/C16H24N2O3/c1-16(2,3)12-6-4-11(5-7-12)10-18-13(15(20)21)8-9-14(17)19/h4-7,13,18H,8-10H2,1-3H3,(H2,17,19)(H,20,21). The normalized spacial score (nSPS) is 12.9. The number of nitrogens with two attached hydrogens (primary N) is 1. The summed E-state index contributed by atoms with van der Waals surface area (Å²) in [6, 6.07) is 7.31. The quantitative estimate of drug-likeness (QED) is 0.714. The minimum absolute atomic E-state index is 0.0624. The first-order chi connectivity index (χ1) is 9.70. The minimum atomic E-state index is -0.970. The Labute approximate surface area is 125 Å². The Morgan fingerprint density at radius 2 is 1.81 bits per heavy atom. The fourth-order valence-electron chi connectivity index (χ4n) is 1.96. The van der Waals surface area contributed by atoms with Crippen LogP contribution in [0.15, 0.2) is 24.3 Å². The van der Waals surface area contributed by atoms with Crippen molar-refractivity contribution in [3.63, 3.8) is 0 Å². The number of aliphatic carboxylic acids is 1. The van der Waals surface area contributed by atoms with Crippen LogP contribution >= 0.6 is 0 Å². The second kappa shape index (κ2) is 7.22. The molecule has 0 heterocycles. The van der Waals surface area contributed by atoms with E-state index in [2.05, 4.69) is 38.2 Å². The highest BCUT2D eigenvalue weighted by molar-refractivity contribution is 5.77. The largest absolute Gasteiger partial charge is 0.480 e.